The highest BCUT2D eigenvalue weighted by Gasteiger charge is 2.00. The summed E-state index contributed by atoms with van der Waals surface area (Å²) in [7, 11) is 0. The smallest absolute Gasteiger partial charge is 0.0802 e. The Morgan fingerprint density at radius 3 is 2.86 bits per heavy atom. The molecule has 0 saturated heterocycles. The number of aromatic nitrogens is 1. The van der Waals surface area contributed by atoms with Gasteiger partial charge in [-0.1, -0.05) is 17.9 Å². The van der Waals surface area contributed by atoms with E-state index in [0.29, 0.717) is 0 Å². The lowest BCUT2D eigenvalue weighted by atomic mass is 10.3. The lowest BCUT2D eigenvalue weighted by Gasteiger charge is -1.92. The van der Waals surface area contributed by atoms with Crippen LogP contribution >= 0.6 is 11.3 Å². The normalized spacial score (nSPS) is 9.21. The minimum absolute atomic E-state index is 0.995. The second kappa shape index (κ2) is 4.08. The van der Waals surface area contributed by atoms with Gasteiger partial charge >= 0.3 is 0 Å². The molecule has 0 saturated carbocycles. The monoisotopic (exact) mass is 198 g/mol. The van der Waals surface area contributed by atoms with E-state index in [-0.39, 0.29) is 0 Å². The molecule has 2 aromatic rings. The van der Waals surface area contributed by atoms with Crippen molar-refractivity contribution in [3.05, 3.63) is 48.3 Å². The van der Waals surface area contributed by atoms with Crippen molar-refractivity contribution in [1.29, 1.82) is 0 Å². The largest absolute Gasteiger partial charge is 0.255 e. The summed E-state index contributed by atoms with van der Waals surface area (Å²) in [4.78, 5) is 6.44. The molecule has 0 N–H and O–H groups in total. The van der Waals surface area contributed by atoms with Crippen LogP contribution in [0.1, 0.15) is 4.88 Å². The average Bonchev–Trinajstić information content (AvgIpc) is 2.68. The Labute approximate surface area is 87.4 Å². The third-order valence-electron chi connectivity index (χ3n) is 1.73. The van der Waals surface area contributed by atoms with Gasteiger partial charge in [0.25, 0.3) is 0 Å². The Morgan fingerprint density at radius 1 is 1.21 bits per heavy atom. The molecule has 67 valence electrons. The fraction of sp³-hybridized carbons (Fsp3) is 0. The van der Waals surface area contributed by atoms with Gasteiger partial charge in [-0.2, -0.15) is 0 Å². The van der Waals surface area contributed by atoms with Gasteiger partial charge < -0.3 is 0 Å². The van der Waals surface area contributed by atoms with Crippen molar-refractivity contribution in [1.82, 2.24) is 4.98 Å². The lowest BCUT2D eigenvalue weighted by molar-refractivity contribution is 1.34. The minimum Gasteiger partial charge on any atom is -0.255 e. The minimum atomic E-state index is 0.995. The number of hydrogen-bond acceptors (Lipinski definition) is 2. The fourth-order valence-corrected chi connectivity index (χ4v) is 2.00. The molecular weight excluding hydrogens is 190 g/mol. The van der Waals surface area contributed by atoms with Crippen molar-refractivity contribution in [2.45, 2.75) is 0 Å². The molecule has 14 heavy (non-hydrogen) atoms. The van der Waals surface area contributed by atoms with Crippen molar-refractivity contribution in [2.75, 3.05) is 0 Å². The molecule has 2 rings (SSSR count). The molecule has 0 bridgehead atoms. The first kappa shape index (κ1) is 8.98. The van der Waals surface area contributed by atoms with Crippen molar-refractivity contribution in [3.63, 3.8) is 0 Å². The zero-order valence-corrected chi connectivity index (χ0v) is 8.34. The Kier molecular flexibility index (Phi) is 2.62. The SMILES string of the molecule is [CH2]C#Cc1ccc(-c2ccccn2)s1. The van der Waals surface area contributed by atoms with Crippen LogP contribution in [0.25, 0.3) is 10.6 Å². The first-order chi connectivity index (χ1) is 6.90. The highest BCUT2D eigenvalue weighted by Crippen LogP contribution is 2.25. The van der Waals surface area contributed by atoms with Gasteiger partial charge in [0.2, 0.25) is 0 Å². The van der Waals surface area contributed by atoms with Gasteiger partial charge in [-0.05, 0) is 24.3 Å². The van der Waals surface area contributed by atoms with Gasteiger partial charge in [-0.3, -0.25) is 4.98 Å². The molecule has 0 fully saturated rings. The molecule has 2 heteroatoms. The van der Waals surface area contributed by atoms with Gasteiger partial charge in [0.1, 0.15) is 0 Å². The van der Waals surface area contributed by atoms with Crippen LogP contribution in [0.3, 0.4) is 0 Å². The van der Waals surface area contributed by atoms with Gasteiger partial charge in [0, 0.05) is 13.1 Å². The maximum atomic E-state index is 4.27. The van der Waals surface area contributed by atoms with E-state index in [0.717, 1.165) is 15.4 Å². The molecule has 1 radical (unpaired) electrons. The fourth-order valence-electron chi connectivity index (χ4n) is 1.14. The Hall–Kier alpha value is -1.59. The molecular formula is C12H8NS. The molecule has 2 aromatic heterocycles. The lowest BCUT2D eigenvalue weighted by Crippen LogP contribution is -1.75. The zero-order chi connectivity index (χ0) is 9.80. The quantitative estimate of drug-likeness (QED) is 0.642. The summed E-state index contributed by atoms with van der Waals surface area (Å²) in [6.07, 6.45) is 1.79. The number of thiophene rings is 1. The molecule has 0 atom stereocenters. The van der Waals surface area contributed by atoms with Crippen LogP contribution in [0.4, 0.5) is 0 Å². The second-order valence-electron chi connectivity index (χ2n) is 2.68. The maximum absolute atomic E-state index is 4.27. The molecule has 0 aromatic carbocycles. The van der Waals surface area contributed by atoms with Gasteiger partial charge in [0.15, 0.2) is 0 Å². The van der Waals surface area contributed by atoms with Crippen LogP contribution in [-0.2, 0) is 0 Å². The molecule has 1 nitrogen and oxygen atoms in total. The molecule has 2 heterocycles. The number of nitrogens with zero attached hydrogens (tertiary/aromatic N) is 1. The summed E-state index contributed by atoms with van der Waals surface area (Å²) in [5.74, 6) is 5.57. The van der Waals surface area contributed by atoms with Crippen LogP contribution < -0.4 is 0 Å². The Balaban J connectivity index is 2.37. The van der Waals surface area contributed by atoms with Crippen LogP contribution in [0, 0.1) is 18.8 Å². The highest BCUT2D eigenvalue weighted by atomic mass is 32.1. The predicted molar refractivity (Wildman–Crippen MR) is 59.8 cm³/mol. The van der Waals surface area contributed by atoms with Crippen LogP contribution in [0.5, 0.6) is 0 Å². The van der Waals surface area contributed by atoms with Gasteiger partial charge in [0.05, 0.1) is 15.4 Å². The van der Waals surface area contributed by atoms with E-state index < -0.39 is 0 Å². The molecule has 0 aliphatic carbocycles. The summed E-state index contributed by atoms with van der Waals surface area (Å²) in [6.45, 7) is 3.49. The van der Waals surface area contributed by atoms with E-state index in [2.05, 4.69) is 23.7 Å². The topological polar surface area (TPSA) is 12.9 Å². The summed E-state index contributed by atoms with van der Waals surface area (Å²) in [6, 6.07) is 9.91. The summed E-state index contributed by atoms with van der Waals surface area (Å²) >= 11 is 1.63. The number of rotatable bonds is 1. The van der Waals surface area contributed by atoms with Crippen LogP contribution in [-0.4, -0.2) is 4.98 Å². The third-order valence-corrected chi connectivity index (χ3v) is 2.76. The van der Waals surface area contributed by atoms with Crippen molar-refractivity contribution >= 4 is 11.3 Å². The molecule has 0 unspecified atom stereocenters. The zero-order valence-electron chi connectivity index (χ0n) is 7.53. The van der Waals surface area contributed by atoms with E-state index >= 15 is 0 Å². The predicted octanol–water partition coefficient (Wildman–Crippen LogP) is 3.00. The summed E-state index contributed by atoms with van der Waals surface area (Å²) in [5, 5.41) is 0. The molecule has 0 aliphatic heterocycles. The maximum Gasteiger partial charge on any atom is 0.0802 e. The van der Waals surface area contributed by atoms with E-state index in [4.69, 9.17) is 0 Å². The first-order valence-corrected chi connectivity index (χ1v) is 5.01. The third kappa shape index (κ3) is 1.84. The van der Waals surface area contributed by atoms with Crippen molar-refractivity contribution in [3.8, 4) is 22.4 Å². The molecule has 0 amide bonds. The Morgan fingerprint density at radius 2 is 2.14 bits per heavy atom. The van der Waals surface area contributed by atoms with Crippen molar-refractivity contribution < 1.29 is 0 Å². The van der Waals surface area contributed by atoms with E-state index in [9.17, 15) is 0 Å². The van der Waals surface area contributed by atoms with E-state index in [1.807, 2.05) is 30.3 Å². The van der Waals surface area contributed by atoms with E-state index in [1.54, 1.807) is 17.5 Å². The standard InChI is InChI=1S/C12H8NS/c1-2-5-10-7-8-12(14-10)11-6-3-4-9-13-11/h3-4,6-9H,1H2. The van der Waals surface area contributed by atoms with Gasteiger partial charge in [-0.25, -0.2) is 0 Å². The van der Waals surface area contributed by atoms with Crippen molar-refractivity contribution in [2.24, 2.45) is 0 Å². The van der Waals surface area contributed by atoms with Crippen LogP contribution in [0.15, 0.2) is 36.5 Å². The highest BCUT2D eigenvalue weighted by molar-refractivity contribution is 7.16. The second-order valence-corrected chi connectivity index (χ2v) is 3.76. The number of pyridine rings is 1. The van der Waals surface area contributed by atoms with Gasteiger partial charge in [-0.15, -0.1) is 11.3 Å². The van der Waals surface area contributed by atoms with Crippen LogP contribution in [0.2, 0.25) is 0 Å². The van der Waals surface area contributed by atoms with E-state index in [1.165, 1.54) is 0 Å². The average molecular weight is 198 g/mol. The molecule has 0 aliphatic rings. The summed E-state index contributed by atoms with van der Waals surface area (Å²) in [5.41, 5.74) is 0.995. The summed E-state index contributed by atoms with van der Waals surface area (Å²) < 4.78 is 0. The molecule has 0 spiro atoms. The number of hydrogen-bond donors (Lipinski definition) is 0. The first-order valence-electron chi connectivity index (χ1n) is 4.19. The Bertz CT molecular complexity index is 474.